The number of nitrogens with one attached hydrogen (secondary N) is 2. The summed E-state index contributed by atoms with van der Waals surface area (Å²) in [6.45, 7) is 5.83. The third kappa shape index (κ3) is 6.07. The third-order valence-electron chi connectivity index (χ3n) is 4.82. The highest BCUT2D eigenvalue weighted by molar-refractivity contribution is 5.92. The fourth-order valence-electron chi connectivity index (χ4n) is 3.28. The summed E-state index contributed by atoms with van der Waals surface area (Å²) in [4.78, 5) is 23.2. The number of hydrogen-bond acceptors (Lipinski definition) is 6. The molecule has 142 valence electrons. The normalized spacial score (nSPS) is 18.2. The van der Waals surface area contributed by atoms with Gasteiger partial charge in [0.2, 0.25) is 5.95 Å². The maximum Gasteiger partial charge on any atom is 0.270 e. The molecular weight excluding hydrogens is 330 g/mol. The summed E-state index contributed by atoms with van der Waals surface area (Å²) in [7, 11) is 0. The Morgan fingerprint density at radius 1 is 1.23 bits per heavy atom. The highest BCUT2D eigenvalue weighted by Crippen LogP contribution is 2.19. The van der Waals surface area contributed by atoms with Gasteiger partial charge in [-0.1, -0.05) is 11.6 Å². The number of amides is 1. The summed E-state index contributed by atoms with van der Waals surface area (Å²) in [6, 6.07) is 1.66. The van der Waals surface area contributed by atoms with E-state index in [0.29, 0.717) is 18.2 Å². The van der Waals surface area contributed by atoms with E-state index in [1.54, 1.807) is 12.3 Å². The average molecular weight is 359 g/mol. The topological polar surface area (TPSA) is 79.4 Å². The molecule has 0 unspecified atom stereocenters. The largest absolute Gasteiger partial charge is 0.379 e. The fourth-order valence-corrected chi connectivity index (χ4v) is 3.28. The lowest BCUT2D eigenvalue weighted by Gasteiger charge is -2.26. The van der Waals surface area contributed by atoms with Crippen molar-refractivity contribution in [1.29, 1.82) is 0 Å². The lowest BCUT2D eigenvalue weighted by Crippen LogP contribution is -2.39. The van der Waals surface area contributed by atoms with Crippen LogP contribution in [0.4, 0.5) is 5.95 Å². The van der Waals surface area contributed by atoms with Crippen LogP contribution in [-0.2, 0) is 4.74 Å². The zero-order valence-corrected chi connectivity index (χ0v) is 15.4. The SMILES string of the molecule is O=C(NCCC1=CCCCC1)c1ccnc(NCCN2CCOCC2)n1. The lowest BCUT2D eigenvalue weighted by atomic mass is 9.97. The number of rotatable bonds is 8. The Kier molecular flexibility index (Phi) is 7.39. The number of ether oxygens (including phenoxy) is 1. The van der Waals surface area contributed by atoms with Crippen LogP contribution in [0.5, 0.6) is 0 Å². The van der Waals surface area contributed by atoms with E-state index in [4.69, 9.17) is 4.74 Å². The maximum absolute atomic E-state index is 12.3. The molecule has 26 heavy (non-hydrogen) atoms. The second kappa shape index (κ2) is 10.2. The minimum atomic E-state index is -0.139. The lowest BCUT2D eigenvalue weighted by molar-refractivity contribution is 0.0398. The monoisotopic (exact) mass is 359 g/mol. The summed E-state index contributed by atoms with van der Waals surface area (Å²) < 4.78 is 5.34. The van der Waals surface area contributed by atoms with Crippen LogP contribution < -0.4 is 10.6 Å². The van der Waals surface area contributed by atoms with Crippen molar-refractivity contribution in [3.63, 3.8) is 0 Å². The standard InChI is InChI=1S/C19H29N5O2/c25-18(20-8-6-16-4-2-1-3-5-16)17-7-9-21-19(23-17)22-10-11-24-12-14-26-15-13-24/h4,7,9H,1-3,5-6,8,10-15H2,(H,20,25)(H,21,22,23). The number of nitrogens with zero attached hydrogens (tertiary/aromatic N) is 3. The zero-order valence-electron chi connectivity index (χ0n) is 15.4. The number of anilines is 1. The molecule has 0 aromatic carbocycles. The van der Waals surface area contributed by atoms with Crippen LogP contribution in [0.2, 0.25) is 0 Å². The molecule has 0 atom stereocenters. The molecule has 0 saturated carbocycles. The molecule has 1 saturated heterocycles. The van der Waals surface area contributed by atoms with Crippen LogP contribution in [0.3, 0.4) is 0 Å². The Hall–Kier alpha value is -1.99. The van der Waals surface area contributed by atoms with Crippen LogP contribution >= 0.6 is 0 Å². The number of allylic oxidation sites excluding steroid dienone is 1. The Bertz CT molecular complexity index is 614. The van der Waals surface area contributed by atoms with Crippen LogP contribution in [0.1, 0.15) is 42.6 Å². The molecule has 1 aliphatic carbocycles. The van der Waals surface area contributed by atoms with Crippen molar-refractivity contribution in [3.05, 3.63) is 29.6 Å². The molecule has 1 amide bonds. The molecule has 1 fully saturated rings. The average Bonchev–Trinajstić information content (AvgIpc) is 2.70. The molecule has 0 radical (unpaired) electrons. The summed E-state index contributed by atoms with van der Waals surface area (Å²) >= 11 is 0. The highest BCUT2D eigenvalue weighted by atomic mass is 16.5. The molecule has 2 aliphatic rings. The first-order chi connectivity index (χ1) is 12.8. The van der Waals surface area contributed by atoms with Crippen LogP contribution in [0, 0.1) is 0 Å². The number of carbonyl (C=O) groups excluding carboxylic acids is 1. The molecule has 1 aromatic heterocycles. The molecule has 7 heteroatoms. The number of hydrogen-bond donors (Lipinski definition) is 2. The first-order valence-electron chi connectivity index (χ1n) is 9.64. The van der Waals surface area contributed by atoms with Crippen LogP contribution in [-0.4, -0.2) is 66.7 Å². The van der Waals surface area contributed by atoms with Gasteiger partial charge < -0.3 is 15.4 Å². The van der Waals surface area contributed by atoms with Gasteiger partial charge in [-0.2, -0.15) is 0 Å². The molecule has 2 N–H and O–H groups in total. The maximum atomic E-state index is 12.3. The van der Waals surface area contributed by atoms with Gasteiger partial charge in [-0.05, 0) is 38.2 Å². The van der Waals surface area contributed by atoms with Gasteiger partial charge in [0.1, 0.15) is 5.69 Å². The van der Waals surface area contributed by atoms with Gasteiger partial charge in [0, 0.05) is 38.9 Å². The number of carbonyl (C=O) groups is 1. The van der Waals surface area contributed by atoms with Crippen LogP contribution in [0.25, 0.3) is 0 Å². The van der Waals surface area contributed by atoms with Crippen molar-refractivity contribution in [2.45, 2.75) is 32.1 Å². The predicted molar refractivity (Wildman–Crippen MR) is 101 cm³/mol. The third-order valence-corrected chi connectivity index (χ3v) is 4.82. The number of morpholine rings is 1. The Labute approximate surface area is 155 Å². The quantitative estimate of drug-likeness (QED) is 0.690. The van der Waals surface area contributed by atoms with Crippen molar-refractivity contribution in [3.8, 4) is 0 Å². The van der Waals surface area contributed by atoms with E-state index in [9.17, 15) is 4.79 Å². The Morgan fingerprint density at radius 3 is 2.92 bits per heavy atom. The van der Waals surface area contributed by atoms with E-state index in [-0.39, 0.29) is 5.91 Å². The van der Waals surface area contributed by atoms with E-state index in [1.165, 1.54) is 31.3 Å². The first-order valence-corrected chi connectivity index (χ1v) is 9.64. The van der Waals surface area contributed by atoms with Gasteiger partial charge in [-0.3, -0.25) is 9.69 Å². The van der Waals surface area contributed by atoms with Gasteiger partial charge in [-0.25, -0.2) is 9.97 Å². The van der Waals surface area contributed by atoms with E-state index < -0.39 is 0 Å². The molecule has 1 aromatic rings. The highest BCUT2D eigenvalue weighted by Gasteiger charge is 2.11. The van der Waals surface area contributed by atoms with Crippen molar-refractivity contribution < 1.29 is 9.53 Å². The molecule has 2 heterocycles. The van der Waals surface area contributed by atoms with Crippen molar-refractivity contribution in [2.75, 3.05) is 51.3 Å². The fraction of sp³-hybridized carbons (Fsp3) is 0.632. The molecule has 0 bridgehead atoms. The zero-order chi connectivity index (χ0) is 18.0. The van der Waals surface area contributed by atoms with Crippen LogP contribution in [0.15, 0.2) is 23.9 Å². The summed E-state index contributed by atoms with van der Waals surface area (Å²) in [5.74, 6) is 0.362. The van der Waals surface area contributed by atoms with E-state index in [1.807, 2.05) is 0 Å². The number of aromatic nitrogens is 2. The van der Waals surface area contributed by atoms with Gasteiger partial charge in [0.25, 0.3) is 5.91 Å². The van der Waals surface area contributed by atoms with E-state index in [0.717, 1.165) is 45.8 Å². The summed E-state index contributed by atoms with van der Waals surface area (Å²) in [5, 5.41) is 6.16. The minimum absolute atomic E-state index is 0.139. The Balaban J connectivity index is 1.40. The van der Waals surface area contributed by atoms with Gasteiger partial charge >= 0.3 is 0 Å². The van der Waals surface area contributed by atoms with Crippen molar-refractivity contribution in [2.24, 2.45) is 0 Å². The molecule has 7 nitrogen and oxygen atoms in total. The van der Waals surface area contributed by atoms with E-state index in [2.05, 4.69) is 31.6 Å². The second-order valence-electron chi connectivity index (χ2n) is 6.76. The smallest absolute Gasteiger partial charge is 0.270 e. The van der Waals surface area contributed by atoms with Gasteiger partial charge in [0.15, 0.2) is 0 Å². The first kappa shape index (κ1) is 18.8. The van der Waals surface area contributed by atoms with Crippen molar-refractivity contribution in [1.82, 2.24) is 20.2 Å². The Morgan fingerprint density at radius 2 is 2.12 bits per heavy atom. The molecule has 1 aliphatic heterocycles. The molecule has 3 rings (SSSR count). The van der Waals surface area contributed by atoms with Gasteiger partial charge in [0.05, 0.1) is 13.2 Å². The van der Waals surface area contributed by atoms with Gasteiger partial charge in [-0.15, -0.1) is 0 Å². The molecule has 0 spiro atoms. The summed E-state index contributed by atoms with van der Waals surface area (Å²) in [5.41, 5.74) is 1.87. The second-order valence-corrected chi connectivity index (χ2v) is 6.76. The molecular formula is C19H29N5O2. The predicted octanol–water partition coefficient (Wildman–Crippen LogP) is 1.84. The van der Waals surface area contributed by atoms with E-state index >= 15 is 0 Å². The summed E-state index contributed by atoms with van der Waals surface area (Å²) in [6.07, 6.45) is 9.78. The van der Waals surface area contributed by atoms with Crippen molar-refractivity contribution >= 4 is 11.9 Å². The minimum Gasteiger partial charge on any atom is -0.379 e.